The highest BCUT2D eigenvalue weighted by atomic mass is 35.5. The third-order valence-corrected chi connectivity index (χ3v) is 3.60. The molecular weight excluding hydrogens is 285 g/mol. The van der Waals surface area contributed by atoms with Crippen molar-refractivity contribution >= 4 is 45.6 Å². The second kappa shape index (κ2) is 6.96. The van der Waals surface area contributed by atoms with E-state index in [0.29, 0.717) is 15.7 Å². The van der Waals surface area contributed by atoms with Crippen molar-refractivity contribution in [2.24, 2.45) is 0 Å². The number of nitrogens with one attached hydrogen (secondary N) is 1. The number of halogens is 2. The van der Waals surface area contributed by atoms with Crippen LogP contribution >= 0.6 is 23.2 Å². The number of amides is 1. The zero-order chi connectivity index (χ0) is 12.8. The number of carbonyl (C=O) groups excluding carboxylic acids is 1. The lowest BCUT2D eigenvalue weighted by Crippen LogP contribution is -2.21. The monoisotopic (exact) mass is 295 g/mol. The molecule has 0 saturated carbocycles. The first kappa shape index (κ1) is 14.4. The number of hydrogen-bond donors (Lipinski definition) is 2. The van der Waals surface area contributed by atoms with E-state index in [1.54, 1.807) is 12.1 Å². The van der Waals surface area contributed by atoms with Crippen molar-refractivity contribution in [2.45, 2.75) is 0 Å². The molecule has 2 N–H and O–H groups in total. The van der Waals surface area contributed by atoms with Crippen LogP contribution in [0.4, 0.5) is 5.69 Å². The van der Waals surface area contributed by atoms with Gasteiger partial charge in [0.25, 0.3) is 0 Å². The highest BCUT2D eigenvalue weighted by Crippen LogP contribution is 2.25. The smallest absolute Gasteiger partial charge is 0.237 e. The number of aliphatic hydroxyl groups excluding tert-OH is 1. The van der Waals surface area contributed by atoms with Gasteiger partial charge in [0.15, 0.2) is 0 Å². The topological polar surface area (TPSA) is 66.4 Å². The fourth-order valence-electron chi connectivity index (χ4n) is 1.10. The fraction of sp³-hybridized carbons (Fsp3) is 0.300. The van der Waals surface area contributed by atoms with E-state index in [1.165, 1.54) is 6.07 Å². The van der Waals surface area contributed by atoms with E-state index in [0.717, 1.165) is 0 Å². The molecule has 1 atom stereocenters. The summed E-state index contributed by atoms with van der Waals surface area (Å²) in [4.78, 5) is 11.5. The highest BCUT2D eigenvalue weighted by Gasteiger charge is 2.10. The summed E-state index contributed by atoms with van der Waals surface area (Å²) in [6.45, 7) is -0.211. The van der Waals surface area contributed by atoms with Gasteiger partial charge in [-0.25, -0.2) is 0 Å². The summed E-state index contributed by atoms with van der Waals surface area (Å²) in [5, 5.41) is 11.9. The Bertz CT molecular complexity index is 440. The molecule has 4 nitrogen and oxygen atoms in total. The van der Waals surface area contributed by atoms with Gasteiger partial charge in [0, 0.05) is 21.6 Å². The van der Waals surface area contributed by atoms with Crippen LogP contribution < -0.4 is 5.32 Å². The van der Waals surface area contributed by atoms with Gasteiger partial charge in [0.2, 0.25) is 5.91 Å². The zero-order valence-electron chi connectivity index (χ0n) is 8.78. The van der Waals surface area contributed by atoms with Crippen molar-refractivity contribution in [3.63, 3.8) is 0 Å². The quantitative estimate of drug-likeness (QED) is 0.868. The summed E-state index contributed by atoms with van der Waals surface area (Å²) in [5.74, 6) is -0.527. The first-order valence-electron chi connectivity index (χ1n) is 4.73. The maximum atomic E-state index is 11.5. The molecule has 0 saturated heterocycles. The first-order chi connectivity index (χ1) is 8.02. The Morgan fingerprint density at radius 2 is 2.12 bits per heavy atom. The highest BCUT2D eigenvalue weighted by molar-refractivity contribution is 7.85. The predicted molar refractivity (Wildman–Crippen MR) is 70.1 cm³/mol. The second-order valence-electron chi connectivity index (χ2n) is 3.18. The summed E-state index contributed by atoms with van der Waals surface area (Å²) in [5.41, 5.74) is 0.380. The van der Waals surface area contributed by atoms with Crippen LogP contribution in [0.15, 0.2) is 18.2 Å². The molecule has 1 rings (SSSR count). The Morgan fingerprint density at radius 1 is 1.41 bits per heavy atom. The number of rotatable bonds is 5. The second-order valence-corrected chi connectivity index (χ2v) is 5.60. The van der Waals surface area contributed by atoms with Crippen LogP contribution in [0.5, 0.6) is 0 Å². The van der Waals surface area contributed by atoms with Crippen LogP contribution in [0.1, 0.15) is 0 Å². The van der Waals surface area contributed by atoms with E-state index >= 15 is 0 Å². The molecular formula is C10H11Cl2NO3S. The molecule has 0 aliphatic rings. The third-order valence-electron chi connectivity index (χ3n) is 1.81. The van der Waals surface area contributed by atoms with E-state index < -0.39 is 16.7 Å². The van der Waals surface area contributed by atoms with Crippen LogP contribution in [0.2, 0.25) is 10.0 Å². The molecule has 7 heteroatoms. The van der Waals surface area contributed by atoms with Gasteiger partial charge in [-0.1, -0.05) is 23.2 Å². The molecule has 1 aromatic carbocycles. The Morgan fingerprint density at radius 3 is 2.76 bits per heavy atom. The van der Waals surface area contributed by atoms with Crippen LogP contribution in [-0.4, -0.2) is 33.3 Å². The maximum absolute atomic E-state index is 11.5. The van der Waals surface area contributed by atoms with E-state index in [1.807, 2.05) is 0 Å². The molecule has 0 aromatic heterocycles. The molecule has 1 aromatic rings. The van der Waals surface area contributed by atoms with Crippen LogP contribution in [0.3, 0.4) is 0 Å². The molecule has 94 valence electrons. The third kappa shape index (κ3) is 5.04. The van der Waals surface area contributed by atoms with Crippen LogP contribution in [0.25, 0.3) is 0 Å². The first-order valence-corrected chi connectivity index (χ1v) is 6.98. The molecule has 0 fully saturated rings. The van der Waals surface area contributed by atoms with E-state index in [-0.39, 0.29) is 18.1 Å². The minimum atomic E-state index is -1.37. The SMILES string of the molecule is O=C(CS(=O)CCO)Nc1cc(Cl)ccc1Cl. The molecule has 17 heavy (non-hydrogen) atoms. The van der Waals surface area contributed by atoms with Crippen molar-refractivity contribution in [1.82, 2.24) is 0 Å². The van der Waals surface area contributed by atoms with Gasteiger partial charge >= 0.3 is 0 Å². The average Bonchev–Trinajstić information content (AvgIpc) is 2.23. The van der Waals surface area contributed by atoms with E-state index in [2.05, 4.69) is 5.32 Å². The van der Waals surface area contributed by atoms with Crippen LogP contribution in [0, 0.1) is 0 Å². The minimum Gasteiger partial charge on any atom is -0.395 e. The summed E-state index contributed by atoms with van der Waals surface area (Å²) < 4.78 is 11.2. The maximum Gasteiger partial charge on any atom is 0.237 e. The number of hydrogen-bond acceptors (Lipinski definition) is 3. The Hall–Kier alpha value is -0.620. The van der Waals surface area contributed by atoms with E-state index in [4.69, 9.17) is 28.3 Å². The van der Waals surface area contributed by atoms with Crippen molar-refractivity contribution in [1.29, 1.82) is 0 Å². The number of aliphatic hydroxyl groups is 1. The fourth-order valence-corrected chi connectivity index (χ4v) is 2.15. The molecule has 0 radical (unpaired) electrons. The van der Waals surface area contributed by atoms with Gasteiger partial charge in [-0.2, -0.15) is 0 Å². The van der Waals surface area contributed by atoms with Crippen molar-refractivity contribution < 1.29 is 14.1 Å². The lowest BCUT2D eigenvalue weighted by Gasteiger charge is -2.07. The summed E-state index contributed by atoms with van der Waals surface area (Å²) in [6.07, 6.45) is 0. The summed E-state index contributed by atoms with van der Waals surface area (Å²) >= 11 is 11.6. The van der Waals surface area contributed by atoms with Crippen molar-refractivity contribution in [2.75, 3.05) is 23.4 Å². The number of anilines is 1. The van der Waals surface area contributed by atoms with Gasteiger partial charge in [0.1, 0.15) is 5.75 Å². The summed E-state index contributed by atoms with van der Waals surface area (Å²) in [7, 11) is -1.37. The van der Waals surface area contributed by atoms with Crippen LogP contribution in [-0.2, 0) is 15.6 Å². The lowest BCUT2D eigenvalue weighted by atomic mass is 10.3. The summed E-state index contributed by atoms with van der Waals surface area (Å²) in [6, 6.07) is 4.67. The Labute approximate surface area is 111 Å². The van der Waals surface area contributed by atoms with Gasteiger partial charge in [0.05, 0.1) is 17.3 Å². The molecule has 0 bridgehead atoms. The largest absolute Gasteiger partial charge is 0.395 e. The van der Waals surface area contributed by atoms with E-state index in [9.17, 15) is 9.00 Å². The normalized spacial score (nSPS) is 12.2. The van der Waals surface area contributed by atoms with Crippen molar-refractivity contribution in [3.05, 3.63) is 28.2 Å². The standard InChI is InChI=1S/C10H11Cl2NO3S/c11-7-1-2-8(12)9(5-7)13-10(15)6-17(16)4-3-14/h1-2,5,14H,3-4,6H2,(H,13,15). The van der Waals surface area contributed by atoms with Gasteiger partial charge < -0.3 is 10.4 Å². The predicted octanol–water partition coefficient (Wildman–Crippen LogP) is 1.67. The lowest BCUT2D eigenvalue weighted by molar-refractivity contribution is -0.113. The van der Waals surface area contributed by atoms with Gasteiger partial charge in [-0.15, -0.1) is 0 Å². The molecule has 1 amide bonds. The number of carbonyl (C=O) groups is 1. The van der Waals surface area contributed by atoms with Gasteiger partial charge in [-0.3, -0.25) is 9.00 Å². The van der Waals surface area contributed by atoms with Gasteiger partial charge in [-0.05, 0) is 18.2 Å². The number of benzene rings is 1. The molecule has 0 spiro atoms. The Kier molecular flexibility index (Phi) is 5.91. The Balaban J connectivity index is 2.62. The molecule has 1 unspecified atom stereocenters. The zero-order valence-corrected chi connectivity index (χ0v) is 11.1. The molecule has 0 aliphatic carbocycles. The molecule has 0 heterocycles. The average molecular weight is 296 g/mol. The minimum absolute atomic E-state index is 0.0801. The van der Waals surface area contributed by atoms with Crippen molar-refractivity contribution in [3.8, 4) is 0 Å². The molecule has 0 aliphatic heterocycles.